The predicted molar refractivity (Wildman–Crippen MR) is 116 cm³/mol. The molecule has 28 heavy (non-hydrogen) atoms. The van der Waals surface area contributed by atoms with E-state index in [4.69, 9.17) is 22.9 Å². The number of benzene rings is 1. The molecule has 3 N–H and O–H groups in total. The van der Waals surface area contributed by atoms with Gasteiger partial charge in [-0.2, -0.15) is 0 Å². The summed E-state index contributed by atoms with van der Waals surface area (Å²) in [5.74, 6) is 0.0222. The second-order valence-corrected chi connectivity index (χ2v) is 9.11. The van der Waals surface area contributed by atoms with E-state index < -0.39 is 5.91 Å². The number of amides is 1. The molecule has 4 rings (SSSR count). The number of carbonyl (C=O) groups is 1. The van der Waals surface area contributed by atoms with Gasteiger partial charge in [-0.05, 0) is 50.5 Å². The molecule has 0 saturated carbocycles. The number of para-hydroxylation sites is 1. The number of fused-ring (bicyclic) bond motifs is 1. The molecule has 3 aromatic rings. The molecule has 2 aromatic heterocycles. The zero-order valence-corrected chi connectivity index (χ0v) is 17.8. The molecule has 7 heteroatoms. The van der Waals surface area contributed by atoms with Crippen LogP contribution in [0.15, 0.2) is 30.3 Å². The number of piperidine rings is 1. The highest BCUT2D eigenvalue weighted by molar-refractivity contribution is 7.71. The number of thiazole rings is 1. The Hall–Kier alpha value is -2.09. The lowest BCUT2D eigenvalue weighted by Crippen LogP contribution is -3.12. The third-order valence-corrected chi connectivity index (χ3v) is 7.23. The van der Waals surface area contributed by atoms with Crippen molar-refractivity contribution < 1.29 is 9.69 Å². The zero-order valence-electron chi connectivity index (χ0n) is 16.2. The number of nitrogens with zero attached hydrogens (tertiary/aromatic N) is 2. The first-order valence-corrected chi connectivity index (χ1v) is 10.9. The van der Waals surface area contributed by atoms with E-state index in [1.54, 1.807) is 0 Å². The minimum atomic E-state index is -0.447. The van der Waals surface area contributed by atoms with Crippen molar-refractivity contribution in [3.8, 4) is 0 Å². The molecule has 0 radical (unpaired) electrons. The molecular weight excluding hydrogens is 388 g/mol. The summed E-state index contributed by atoms with van der Waals surface area (Å²) >= 11 is 7.43. The highest BCUT2D eigenvalue weighted by atomic mass is 32.1. The Morgan fingerprint density at radius 1 is 1.39 bits per heavy atom. The first kappa shape index (κ1) is 19.2. The van der Waals surface area contributed by atoms with Gasteiger partial charge in [-0.25, -0.2) is 4.98 Å². The Kier molecular flexibility index (Phi) is 5.31. The summed E-state index contributed by atoms with van der Waals surface area (Å²) in [7, 11) is 0. The minimum absolute atomic E-state index is 0.447. The van der Waals surface area contributed by atoms with E-state index in [-0.39, 0.29) is 0 Å². The van der Waals surface area contributed by atoms with E-state index >= 15 is 0 Å². The number of hydrogen-bond donors (Lipinski definition) is 2. The number of aryl methyl sites for hydroxylation is 2. The second kappa shape index (κ2) is 7.73. The van der Waals surface area contributed by atoms with E-state index in [1.165, 1.54) is 21.0 Å². The van der Waals surface area contributed by atoms with Gasteiger partial charge < -0.3 is 10.6 Å². The lowest BCUT2D eigenvalue weighted by atomic mass is 9.99. The van der Waals surface area contributed by atoms with Gasteiger partial charge >= 0.3 is 0 Å². The summed E-state index contributed by atoms with van der Waals surface area (Å²) in [6, 6.07) is 10.3. The molecule has 3 heterocycles. The fourth-order valence-corrected chi connectivity index (χ4v) is 5.79. The highest BCUT2D eigenvalue weighted by Crippen LogP contribution is 2.30. The van der Waals surface area contributed by atoms with E-state index in [0.29, 0.717) is 16.1 Å². The maximum absolute atomic E-state index is 11.8. The number of quaternary nitrogens is 1. The molecule has 1 aliphatic rings. The molecule has 0 spiro atoms. The van der Waals surface area contributed by atoms with Crippen LogP contribution in [0.3, 0.4) is 0 Å². The molecule has 5 nitrogen and oxygen atoms in total. The van der Waals surface area contributed by atoms with Crippen molar-refractivity contribution in [2.24, 2.45) is 5.73 Å². The van der Waals surface area contributed by atoms with Crippen LogP contribution in [0.25, 0.3) is 10.2 Å². The average molecular weight is 414 g/mol. The van der Waals surface area contributed by atoms with Crippen LogP contribution in [0, 0.1) is 18.5 Å². The van der Waals surface area contributed by atoms with E-state index in [2.05, 4.69) is 22.8 Å². The first-order valence-electron chi connectivity index (χ1n) is 9.64. The number of likely N-dealkylation sites (tertiary alicyclic amines) is 1. The number of primary amides is 1. The maximum Gasteiger partial charge on any atom is 0.251 e. The number of pyridine rings is 1. The lowest BCUT2D eigenvalue weighted by Gasteiger charge is -2.30. The summed E-state index contributed by atoms with van der Waals surface area (Å²) in [6.45, 7) is 6.82. The third-order valence-electron chi connectivity index (χ3n) is 5.61. The van der Waals surface area contributed by atoms with Gasteiger partial charge in [0, 0.05) is 5.69 Å². The molecule has 1 aliphatic heterocycles. The molecule has 1 aromatic carbocycles. The van der Waals surface area contributed by atoms with Crippen molar-refractivity contribution in [3.63, 3.8) is 0 Å². The zero-order chi connectivity index (χ0) is 19.8. The van der Waals surface area contributed by atoms with Crippen LogP contribution < -0.4 is 10.6 Å². The Morgan fingerprint density at radius 3 is 2.93 bits per heavy atom. The molecular formula is C21H25N4OS2+. The summed E-state index contributed by atoms with van der Waals surface area (Å²) in [5.41, 5.74) is 9.06. The Morgan fingerprint density at radius 2 is 2.18 bits per heavy atom. The van der Waals surface area contributed by atoms with Crippen molar-refractivity contribution >= 4 is 39.7 Å². The fourth-order valence-electron chi connectivity index (χ4n) is 4.22. The highest BCUT2D eigenvalue weighted by Gasteiger charge is 2.27. The van der Waals surface area contributed by atoms with Crippen LogP contribution in [-0.2, 0) is 6.67 Å². The largest absolute Gasteiger partial charge is 0.365 e. The minimum Gasteiger partial charge on any atom is -0.365 e. The number of aromatic nitrogens is 2. The number of hydrogen-bond acceptors (Lipinski definition) is 4. The van der Waals surface area contributed by atoms with Gasteiger partial charge in [-0.3, -0.25) is 9.36 Å². The van der Waals surface area contributed by atoms with Crippen molar-refractivity contribution in [2.75, 3.05) is 13.1 Å². The van der Waals surface area contributed by atoms with Crippen LogP contribution in [0.4, 0.5) is 0 Å². The van der Waals surface area contributed by atoms with Gasteiger partial charge in [-0.15, -0.1) is 11.3 Å². The summed E-state index contributed by atoms with van der Waals surface area (Å²) in [6.07, 6.45) is 2.34. The fraction of sp³-hybridized carbons (Fsp3) is 0.381. The average Bonchev–Trinajstić information content (AvgIpc) is 3.09. The van der Waals surface area contributed by atoms with Crippen LogP contribution in [-0.4, -0.2) is 28.5 Å². The quantitative estimate of drug-likeness (QED) is 0.647. The predicted octanol–water partition coefficient (Wildman–Crippen LogP) is 2.96. The maximum atomic E-state index is 11.8. The Labute approximate surface area is 173 Å². The normalized spacial score (nSPS) is 19.8. The van der Waals surface area contributed by atoms with Gasteiger partial charge in [0.15, 0.2) is 6.67 Å². The van der Waals surface area contributed by atoms with Gasteiger partial charge in [0.25, 0.3) is 5.91 Å². The molecule has 146 valence electrons. The number of nitrogens with one attached hydrogen (secondary N) is 1. The van der Waals surface area contributed by atoms with Crippen molar-refractivity contribution in [2.45, 2.75) is 39.3 Å². The van der Waals surface area contributed by atoms with Crippen molar-refractivity contribution in [1.82, 2.24) is 9.55 Å². The molecule has 2 atom stereocenters. The van der Waals surface area contributed by atoms with E-state index in [9.17, 15) is 4.79 Å². The smallest absolute Gasteiger partial charge is 0.251 e. The number of carbonyl (C=O) groups excluding carboxylic acids is 1. The van der Waals surface area contributed by atoms with Gasteiger partial charge in [-0.1, -0.05) is 24.4 Å². The Balaban J connectivity index is 1.58. The molecule has 0 bridgehead atoms. The van der Waals surface area contributed by atoms with Crippen molar-refractivity contribution in [1.29, 1.82) is 0 Å². The van der Waals surface area contributed by atoms with Gasteiger partial charge in [0.1, 0.15) is 9.65 Å². The van der Waals surface area contributed by atoms with Crippen LogP contribution in [0.1, 0.15) is 45.4 Å². The monoisotopic (exact) mass is 413 g/mol. The molecule has 1 saturated heterocycles. The summed E-state index contributed by atoms with van der Waals surface area (Å²) < 4.78 is 3.88. The SMILES string of the molecule is Cc1cc(C)n(C[NH+]2CCC[C@H](c3nc4ccccc4s3)C2)c(=S)c1C(N)=O. The van der Waals surface area contributed by atoms with Crippen LogP contribution >= 0.6 is 23.6 Å². The van der Waals surface area contributed by atoms with Crippen molar-refractivity contribution in [3.05, 3.63) is 56.8 Å². The topological polar surface area (TPSA) is 65.3 Å². The number of rotatable bonds is 4. The second-order valence-electron chi connectivity index (χ2n) is 7.66. The molecule has 1 unspecified atom stereocenters. The van der Waals surface area contributed by atoms with Crippen LogP contribution in [0.5, 0.6) is 0 Å². The first-order chi connectivity index (χ1) is 13.4. The summed E-state index contributed by atoms with van der Waals surface area (Å²) in [5, 5.41) is 1.24. The summed E-state index contributed by atoms with van der Waals surface area (Å²) in [4.78, 5) is 18.2. The molecule has 1 amide bonds. The van der Waals surface area contributed by atoms with E-state index in [0.717, 1.165) is 43.0 Å². The van der Waals surface area contributed by atoms with Gasteiger partial charge in [0.05, 0.1) is 34.8 Å². The molecule has 0 aliphatic carbocycles. The third kappa shape index (κ3) is 3.62. The number of nitrogens with two attached hydrogens (primary N) is 1. The van der Waals surface area contributed by atoms with Gasteiger partial charge in [0.2, 0.25) is 0 Å². The lowest BCUT2D eigenvalue weighted by molar-refractivity contribution is -0.929. The van der Waals surface area contributed by atoms with Crippen LogP contribution in [0.2, 0.25) is 0 Å². The van der Waals surface area contributed by atoms with E-state index in [1.807, 2.05) is 37.3 Å². The standard InChI is InChI=1S/C21H24N4OS2/c1-13-10-14(2)25(21(27)18(13)19(22)26)12-24-9-5-6-15(11-24)20-23-16-7-3-4-8-17(16)28-20/h3-4,7-8,10,15H,5-6,9,11-12H2,1-2H3,(H2,22,26)/p+1/t15-/m0/s1. The molecule has 1 fully saturated rings. The Bertz CT molecular complexity index is 1070.